The number of carbonyl (C=O) groups excluding carboxylic acids is 2. The minimum absolute atomic E-state index is 0.263. The number of rotatable bonds is 7. The van der Waals surface area contributed by atoms with E-state index in [1.807, 2.05) is 30.3 Å². The van der Waals surface area contributed by atoms with Crippen molar-refractivity contribution in [1.29, 1.82) is 0 Å². The smallest absolute Gasteiger partial charge is 0.318 e. The van der Waals surface area contributed by atoms with Crippen LogP contribution >= 0.6 is 0 Å². The summed E-state index contributed by atoms with van der Waals surface area (Å²) in [7, 11) is 0. The van der Waals surface area contributed by atoms with Crippen molar-refractivity contribution < 1.29 is 14.3 Å². The number of ether oxygens (including phenoxy) is 1. The van der Waals surface area contributed by atoms with E-state index in [1.54, 1.807) is 13.0 Å². The van der Waals surface area contributed by atoms with E-state index < -0.39 is 11.9 Å². The molecule has 1 rings (SSSR count). The Morgan fingerprint density at radius 2 is 2.05 bits per heavy atom. The second kappa shape index (κ2) is 8.08. The molecular formula is C15H19NO3. The number of esters is 1. The number of carbonyl (C=O) groups is 2. The molecule has 0 fully saturated rings. The molecule has 0 aromatic heterocycles. The Morgan fingerprint density at radius 3 is 2.63 bits per heavy atom. The average Bonchev–Trinajstić information content (AvgIpc) is 2.43. The molecule has 0 spiro atoms. The van der Waals surface area contributed by atoms with Gasteiger partial charge in [-0.25, -0.2) is 0 Å². The molecule has 0 aliphatic heterocycles. The van der Waals surface area contributed by atoms with Gasteiger partial charge >= 0.3 is 5.97 Å². The molecule has 1 unspecified atom stereocenters. The summed E-state index contributed by atoms with van der Waals surface area (Å²) in [6.45, 7) is 5.85. The van der Waals surface area contributed by atoms with Gasteiger partial charge in [0.25, 0.3) is 0 Å². The van der Waals surface area contributed by atoms with E-state index in [0.29, 0.717) is 13.0 Å². The Morgan fingerprint density at radius 1 is 1.37 bits per heavy atom. The molecule has 4 heteroatoms. The molecule has 0 saturated heterocycles. The predicted octanol–water partition coefficient (Wildman–Crippen LogP) is 1.71. The number of benzene rings is 1. The minimum Gasteiger partial charge on any atom is -0.465 e. The summed E-state index contributed by atoms with van der Waals surface area (Å²) in [5.74, 6) is -1.64. The van der Waals surface area contributed by atoms with Crippen LogP contribution in [0, 0.1) is 5.92 Å². The summed E-state index contributed by atoms with van der Waals surface area (Å²) in [6.07, 6.45) is 1.91. The van der Waals surface area contributed by atoms with Gasteiger partial charge in [0.2, 0.25) is 5.91 Å². The Balaban J connectivity index is 2.77. The quantitative estimate of drug-likeness (QED) is 0.462. The van der Waals surface area contributed by atoms with Crippen molar-refractivity contribution in [3.63, 3.8) is 0 Å². The summed E-state index contributed by atoms with van der Waals surface area (Å²) in [6, 6.07) is 9.40. The molecule has 0 heterocycles. The van der Waals surface area contributed by atoms with Crippen molar-refractivity contribution in [1.82, 2.24) is 5.32 Å². The topological polar surface area (TPSA) is 55.4 Å². The lowest BCUT2D eigenvalue weighted by atomic mass is 9.98. The third-order valence-corrected chi connectivity index (χ3v) is 2.59. The first-order valence-corrected chi connectivity index (χ1v) is 6.28. The Bertz CT molecular complexity index is 428. The highest BCUT2D eigenvalue weighted by molar-refractivity contribution is 5.98. The average molecular weight is 261 g/mol. The molecule has 0 saturated carbocycles. The second-order valence-corrected chi connectivity index (χ2v) is 4.03. The van der Waals surface area contributed by atoms with Crippen molar-refractivity contribution in [3.05, 3.63) is 48.6 Å². The van der Waals surface area contributed by atoms with E-state index in [0.717, 1.165) is 5.56 Å². The lowest BCUT2D eigenvalue weighted by Crippen LogP contribution is -2.37. The van der Waals surface area contributed by atoms with Crippen LogP contribution < -0.4 is 5.32 Å². The molecule has 1 aromatic carbocycles. The summed E-state index contributed by atoms with van der Waals surface area (Å²) < 4.78 is 4.95. The van der Waals surface area contributed by atoms with Gasteiger partial charge in [0, 0.05) is 6.54 Å². The van der Waals surface area contributed by atoms with Crippen molar-refractivity contribution in [3.8, 4) is 0 Å². The highest BCUT2D eigenvalue weighted by Crippen LogP contribution is 2.11. The standard InChI is InChI=1S/C15H19NO3/c1-3-10-16-14(17)13(15(18)19-4-2)11-12-8-6-5-7-9-12/h3,5-9,13H,1,4,10-11H2,2H3,(H,16,17). The van der Waals surface area contributed by atoms with Crippen molar-refractivity contribution >= 4 is 11.9 Å². The number of amides is 1. The summed E-state index contributed by atoms with van der Waals surface area (Å²) in [5.41, 5.74) is 0.925. The molecule has 102 valence electrons. The first-order chi connectivity index (χ1) is 9.19. The van der Waals surface area contributed by atoms with Gasteiger partial charge in [-0.2, -0.15) is 0 Å². The molecule has 0 aliphatic rings. The highest BCUT2D eigenvalue weighted by Gasteiger charge is 2.27. The second-order valence-electron chi connectivity index (χ2n) is 4.03. The third-order valence-electron chi connectivity index (χ3n) is 2.59. The van der Waals surface area contributed by atoms with Crippen LogP contribution in [0.25, 0.3) is 0 Å². The Hall–Kier alpha value is -2.10. The normalized spacial score (nSPS) is 11.4. The molecule has 1 amide bonds. The van der Waals surface area contributed by atoms with Gasteiger partial charge in [-0.15, -0.1) is 6.58 Å². The van der Waals surface area contributed by atoms with Gasteiger partial charge < -0.3 is 10.1 Å². The van der Waals surface area contributed by atoms with Gasteiger partial charge in [-0.05, 0) is 18.9 Å². The molecular weight excluding hydrogens is 242 g/mol. The van der Waals surface area contributed by atoms with E-state index in [4.69, 9.17) is 4.74 Å². The molecule has 1 N–H and O–H groups in total. The summed E-state index contributed by atoms with van der Waals surface area (Å²) in [4.78, 5) is 23.8. The maximum absolute atomic E-state index is 12.0. The van der Waals surface area contributed by atoms with Crippen molar-refractivity contribution in [2.24, 2.45) is 5.92 Å². The highest BCUT2D eigenvalue weighted by atomic mass is 16.5. The van der Waals surface area contributed by atoms with Crippen LogP contribution in [0.1, 0.15) is 12.5 Å². The fraction of sp³-hybridized carbons (Fsp3) is 0.333. The third kappa shape index (κ3) is 4.95. The molecule has 0 bridgehead atoms. The van der Waals surface area contributed by atoms with E-state index in [9.17, 15) is 9.59 Å². The lowest BCUT2D eigenvalue weighted by Gasteiger charge is -2.15. The lowest BCUT2D eigenvalue weighted by molar-refractivity contribution is -0.152. The Labute approximate surface area is 113 Å². The SMILES string of the molecule is C=CCNC(=O)C(Cc1ccccc1)C(=O)OCC. The monoisotopic (exact) mass is 261 g/mol. The van der Waals surface area contributed by atoms with Gasteiger partial charge in [0.05, 0.1) is 6.61 Å². The molecule has 0 aliphatic carbocycles. The largest absolute Gasteiger partial charge is 0.465 e. The van der Waals surface area contributed by atoms with Gasteiger partial charge in [0.15, 0.2) is 0 Å². The van der Waals surface area contributed by atoms with Gasteiger partial charge in [-0.3, -0.25) is 9.59 Å². The first kappa shape index (κ1) is 15.0. The zero-order chi connectivity index (χ0) is 14.1. The fourth-order valence-electron chi connectivity index (χ4n) is 1.67. The van der Waals surface area contributed by atoms with Gasteiger partial charge in [0.1, 0.15) is 5.92 Å². The first-order valence-electron chi connectivity index (χ1n) is 6.28. The van der Waals surface area contributed by atoms with Gasteiger partial charge in [-0.1, -0.05) is 36.4 Å². The Kier molecular flexibility index (Phi) is 6.36. The fourth-order valence-corrected chi connectivity index (χ4v) is 1.67. The van der Waals surface area contributed by atoms with Crippen LogP contribution in [0.5, 0.6) is 0 Å². The zero-order valence-corrected chi connectivity index (χ0v) is 11.1. The van der Waals surface area contributed by atoms with E-state index >= 15 is 0 Å². The predicted molar refractivity (Wildman–Crippen MR) is 73.5 cm³/mol. The number of nitrogens with one attached hydrogen (secondary N) is 1. The van der Waals surface area contributed by atoms with Crippen LogP contribution in [0.15, 0.2) is 43.0 Å². The molecule has 1 aromatic rings. The van der Waals surface area contributed by atoms with E-state index in [-0.39, 0.29) is 12.5 Å². The zero-order valence-electron chi connectivity index (χ0n) is 11.1. The van der Waals surface area contributed by atoms with Crippen molar-refractivity contribution in [2.45, 2.75) is 13.3 Å². The summed E-state index contributed by atoms with van der Waals surface area (Å²) in [5, 5.41) is 2.63. The summed E-state index contributed by atoms with van der Waals surface area (Å²) >= 11 is 0. The minimum atomic E-state index is -0.817. The van der Waals surface area contributed by atoms with Crippen LogP contribution in [0.3, 0.4) is 0 Å². The number of hydrogen-bond donors (Lipinski definition) is 1. The van der Waals surface area contributed by atoms with Crippen LogP contribution in [-0.2, 0) is 20.7 Å². The van der Waals surface area contributed by atoms with Crippen LogP contribution in [-0.4, -0.2) is 25.0 Å². The molecule has 1 atom stereocenters. The molecule has 0 radical (unpaired) electrons. The van der Waals surface area contributed by atoms with Crippen molar-refractivity contribution in [2.75, 3.05) is 13.2 Å². The van der Waals surface area contributed by atoms with E-state index in [2.05, 4.69) is 11.9 Å². The van der Waals surface area contributed by atoms with Crippen LogP contribution in [0.2, 0.25) is 0 Å². The number of hydrogen-bond acceptors (Lipinski definition) is 3. The molecule has 19 heavy (non-hydrogen) atoms. The maximum atomic E-state index is 12.0. The van der Waals surface area contributed by atoms with E-state index in [1.165, 1.54) is 0 Å². The van der Waals surface area contributed by atoms with Crippen LogP contribution in [0.4, 0.5) is 0 Å². The molecule has 4 nitrogen and oxygen atoms in total. The maximum Gasteiger partial charge on any atom is 0.318 e.